The van der Waals surface area contributed by atoms with Crippen LogP contribution in [0.5, 0.6) is 5.75 Å². The highest BCUT2D eigenvalue weighted by Crippen LogP contribution is 2.12. The summed E-state index contributed by atoms with van der Waals surface area (Å²) in [5.41, 5.74) is 1.35. The lowest BCUT2D eigenvalue weighted by atomic mass is 10.1. The summed E-state index contributed by atoms with van der Waals surface area (Å²) in [7, 11) is 0. The fraction of sp³-hybridized carbons (Fsp3) is 0.143. The molecule has 0 aliphatic rings. The molecule has 0 saturated heterocycles. The molecule has 2 rings (SSSR count). The van der Waals surface area contributed by atoms with Crippen LogP contribution in [0, 0.1) is 0 Å². The average molecular weight is 242 g/mol. The first-order valence-electron chi connectivity index (χ1n) is 5.74. The van der Waals surface area contributed by atoms with Crippen molar-refractivity contribution in [1.82, 2.24) is 9.78 Å². The maximum Gasteiger partial charge on any atom is 0.186 e. The quantitative estimate of drug-likeness (QED) is 0.662. The van der Waals surface area contributed by atoms with Gasteiger partial charge >= 0.3 is 0 Å². The number of phenolic OH excluding ortho intramolecular Hbond substituents is 1. The molecule has 0 fully saturated rings. The Balaban J connectivity index is 2.17. The van der Waals surface area contributed by atoms with E-state index in [1.54, 1.807) is 29.1 Å². The summed E-state index contributed by atoms with van der Waals surface area (Å²) >= 11 is 0. The highest BCUT2D eigenvalue weighted by Gasteiger charge is 2.03. The van der Waals surface area contributed by atoms with Crippen molar-refractivity contribution >= 4 is 11.9 Å². The molecule has 18 heavy (non-hydrogen) atoms. The Bertz CT molecular complexity index is 585. The van der Waals surface area contributed by atoms with E-state index < -0.39 is 0 Å². The van der Waals surface area contributed by atoms with Crippen LogP contribution in [-0.2, 0) is 6.54 Å². The van der Waals surface area contributed by atoms with E-state index in [0.29, 0.717) is 5.56 Å². The van der Waals surface area contributed by atoms with E-state index in [-0.39, 0.29) is 11.5 Å². The minimum absolute atomic E-state index is 0.0906. The van der Waals surface area contributed by atoms with Crippen LogP contribution < -0.4 is 0 Å². The van der Waals surface area contributed by atoms with Gasteiger partial charge in [0.05, 0.1) is 5.69 Å². The molecule has 0 saturated carbocycles. The van der Waals surface area contributed by atoms with Crippen molar-refractivity contribution < 1.29 is 9.90 Å². The number of hydrogen-bond donors (Lipinski definition) is 1. The molecule has 0 radical (unpaired) electrons. The molecule has 0 aliphatic carbocycles. The van der Waals surface area contributed by atoms with E-state index in [4.69, 9.17) is 0 Å². The number of rotatable bonds is 4. The van der Waals surface area contributed by atoms with Gasteiger partial charge in [-0.05, 0) is 37.3 Å². The Kier molecular flexibility index (Phi) is 3.57. The van der Waals surface area contributed by atoms with Crippen LogP contribution in [0.1, 0.15) is 23.0 Å². The second kappa shape index (κ2) is 5.31. The van der Waals surface area contributed by atoms with Crippen LogP contribution in [0.25, 0.3) is 6.08 Å². The van der Waals surface area contributed by atoms with Crippen molar-refractivity contribution in [3.63, 3.8) is 0 Å². The van der Waals surface area contributed by atoms with E-state index in [0.717, 1.165) is 12.2 Å². The zero-order valence-electron chi connectivity index (χ0n) is 10.1. The van der Waals surface area contributed by atoms with Crippen molar-refractivity contribution in [3.05, 3.63) is 53.9 Å². The zero-order valence-corrected chi connectivity index (χ0v) is 10.1. The molecule has 0 atom stereocenters. The Morgan fingerprint density at radius 1 is 1.44 bits per heavy atom. The van der Waals surface area contributed by atoms with Gasteiger partial charge in [-0.15, -0.1) is 0 Å². The molecule has 2 aromatic rings. The number of ketones is 1. The van der Waals surface area contributed by atoms with Crippen molar-refractivity contribution in [3.8, 4) is 5.75 Å². The summed E-state index contributed by atoms with van der Waals surface area (Å²) in [6.07, 6.45) is 4.91. The van der Waals surface area contributed by atoms with Crippen LogP contribution in [0.2, 0.25) is 0 Å². The summed E-state index contributed by atoms with van der Waals surface area (Å²) in [4.78, 5) is 11.9. The largest absolute Gasteiger partial charge is 0.508 e. The van der Waals surface area contributed by atoms with Crippen LogP contribution in [0.4, 0.5) is 0 Å². The molecule has 0 amide bonds. The lowest BCUT2D eigenvalue weighted by Gasteiger charge is -1.99. The second-order valence-corrected chi connectivity index (χ2v) is 3.82. The van der Waals surface area contributed by atoms with Gasteiger partial charge in [0.1, 0.15) is 5.75 Å². The van der Waals surface area contributed by atoms with Crippen molar-refractivity contribution in [2.75, 3.05) is 0 Å². The number of aromatic hydroxyl groups is 1. The number of aryl methyl sites for hydroxylation is 1. The maximum absolute atomic E-state index is 11.9. The molecule has 1 N–H and O–H groups in total. The third kappa shape index (κ3) is 2.66. The third-order valence-electron chi connectivity index (χ3n) is 2.59. The second-order valence-electron chi connectivity index (χ2n) is 3.82. The summed E-state index contributed by atoms with van der Waals surface area (Å²) in [6, 6.07) is 8.14. The first-order chi connectivity index (χ1) is 8.70. The van der Waals surface area contributed by atoms with Gasteiger partial charge < -0.3 is 5.11 Å². The Hall–Kier alpha value is -2.36. The fourth-order valence-corrected chi connectivity index (χ4v) is 1.67. The van der Waals surface area contributed by atoms with Gasteiger partial charge in [-0.2, -0.15) is 5.10 Å². The number of carbonyl (C=O) groups excluding carboxylic acids is 1. The molecule has 1 aromatic carbocycles. The van der Waals surface area contributed by atoms with Gasteiger partial charge in [-0.25, -0.2) is 0 Å². The Labute approximate surface area is 105 Å². The summed E-state index contributed by atoms with van der Waals surface area (Å²) in [6.45, 7) is 2.74. The smallest absolute Gasteiger partial charge is 0.186 e. The topological polar surface area (TPSA) is 55.1 Å². The van der Waals surface area contributed by atoms with Crippen LogP contribution >= 0.6 is 0 Å². The summed E-state index contributed by atoms with van der Waals surface area (Å²) in [5.74, 6) is -0.0531. The lowest BCUT2D eigenvalue weighted by Crippen LogP contribution is -1.99. The molecule has 0 bridgehead atoms. The number of nitrogens with zero attached hydrogens (tertiary/aromatic N) is 2. The zero-order chi connectivity index (χ0) is 13.0. The van der Waals surface area contributed by atoms with Gasteiger partial charge in [-0.3, -0.25) is 9.48 Å². The Morgan fingerprint density at radius 2 is 2.28 bits per heavy atom. The predicted octanol–water partition coefficient (Wildman–Crippen LogP) is 2.50. The summed E-state index contributed by atoms with van der Waals surface area (Å²) < 4.78 is 1.80. The van der Waals surface area contributed by atoms with Crippen LogP contribution in [0.15, 0.2) is 42.6 Å². The van der Waals surface area contributed by atoms with E-state index in [9.17, 15) is 9.90 Å². The number of phenols is 1. The van der Waals surface area contributed by atoms with Crippen LogP contribution in [-0.4, -0.2) is 20.7 Å². The van der Waals surface area contributed by atoms with Gasteiger partial charge in [-0.1, -0.05) is 12.1 Å². The van der Waals surface area contributed by atoms with E-state index in [1.807, 2.05) is 13.0 Å². The number of hydrogen-bond acceptors (Lipinski definition) is 3. The third-order valence-corrected chi connectivity index (χ3v) is 2.59. The van der Waals surface area contributed by atoms with E-state index >= 15 is 0 Å². The fourth-order valence-electron chi connectivity index (χ4n) is 1.67. The van der Waals surface area contributed by atoms with Crippen molar-refractivity contribution in [1.29, 1.82) is 0 Å². The first-order valence-corrected chi connectivity index (χ1v) is 5.74. The minimum Gasteiger partial charge on any atom is -0.508 e. The predicted molar refractivity (Wildman–Crippen MR) is 69.4 cm³/mol. The molecule has 1 heterocycles. The molecule has 0 aliphatic heterocycles. The van der Waals surface area contributed by atoms with Crippen LogP contribution in [0.3, 0.4) is 0 Å². The lowest BCUT2D eigenvalue weighted by molar-refractivity contribution is 0.104. The number of aromatic nitrogens is 2. The average Bonchev–Trinajstić information content (AvgIpc) is 2.83. The van der Waals surface area contributed by atoms with E-state index in [2.05, 4.69) is 5.10 Å². The monoisotopic (exact) mass is 242 g/mol. The number of carbonyl (C=O) groups is 1. The molecule has 4 nitrogen and oxygen atoms in total. The molecule has 1 aromatic heterocycles. The molecular weight excluding hydrogens is 228 g/mol. The van der Waals surface area contributed by atoms with Gasteiger partial charge in [0.15, 0.2) is 5.78 Å². The van der Waals surface area contributed by atoms with Gasteiger partial charge in [0.2, 0.25) is 0 Å². The maximum atomic E-state index is 11.9. The normalized spacial score (nSPS) is 10.9. The molecule has 0 unspecified atom stereocenters. The van der Waals surface area contributed by atoms with E-state index in [1.165, 1.54) is 18.2 Å². The molecule has 92 valence electrons. The number of allylic oxidation sites excluding steroid dienone is 1. The molecule has 0 spiro atoms. The highest BCUT2D eigenvalue weighted by molar-refractivity contribution is 6.06. The first kappa shape index (κ1) is 12.1. The Morgan fingerprint density at radius 3 is 3.00 bits per heavy atom. The minimum atomic E-state index is -0.144. The van der Waals surface area contributed by atoms with Crippen molar-refractivity contribution in [2.45, 2.75) is 13.5 Å². The van der Waals surface area contributed by atoms with Crippen molar-refractivity contribution in [2.24, 2.45) is 0 Å². The van der Waals surface area contributed by atoms with Gasteiger partial charge in [0, 0.05) is 18.3 Å². The molecule has 4 heteroatoms. The summed E-state index contributed by atoms with van der Waals surface area (Å²) in [5, 5.41) is 13.4. The SMILES string of the molecule is CCn1nccc1/C=C\C(=O)c1cccc(O)c1. The van der Waals surface area contributed by atoms with Gasteiger partial charge in [0.25, 0.3) is 0 Å². The molecular formula is C14H14N2O2. The number of benzene rings is 1. The highest BCUT2D eigenvalue weighted by atomic mass is 16.3. The standard InChI is InChI=1S/C14H14N2O2/c1-2-16-12(8-9-15-16)6-7-14(18)11-4-3-5-13(17)10-11/h3-10,17H,2H2,1H3/b7-6-.